The van der Waals surface area contributed by atoms with Crippen LogP contribution in [0.2, 0.25) is 0 Å². The molecule has 0 spiro atoms. The molecule has 0 saturated heterocycles. The smallest absolute Gasteiger partial charge is 0.354 e. The van der Waals surface area contributed by atoms with Gasteiger partial charge in [0.2, 0.25) is 0 Å². The Bertz CT molecular complexity index is 1020. The van der Waals surface area contributed by atoms with E-state index in [1.165, 1.54) is 5.56 Å². The second kappa shape index (κ2) is 11.2. The first-order valence-electron chi connectivity index (χ1n) is 9.58. The number of fused-ring (bicyclic) bond motifs is 1. The van der Waals surface area contributed by atoms with Crippen molar-refractivity contribution in [1.82, 2.24) is 4.98 Å². The van der Waals surface area contributed by atoms with Gasteiger partial charge in [0.1, 0.15) is 22.9 Å². The van der Waals surface area contributed by atoms with Gasteiger partial charge < -0.3 is 19.2 Å². The monoisotopic (exact) mass is 431 g/mol. The summed E-state index contributed by atoms with van der Waals surface area (Å²) in [7, 11) is 0. The highest BCUT2D eigenvalue weighted by atomic mass is 32.1. The zero-order chi connectivity index (χ0) is 22.1. The van der Waals surface area contributed by atoms with Crippen LogP contribution in [-0.4, -0.2) is 32.1 Å². The number of carbonyl (C=O) groups excluding carboxylic acids is 1. The molecule has 30 heavy (non-hydrogen) atoms. The van der Waals surface area contributed by atoms with Crippen LogP contribution in [0.25, 0.3) is 10.9 Å². The number of aryl methyl sites for hydroxylation is 1. The molecule has 0 amide bonds. The van der Waals surface area contributed by atoms with Gasteiger partial charge in [-0.2, -0.15) is 8.42 Å². The molecule has 0 bridgehead atoms. The quantitative estimate of drug-likeness (QED) is 0.532. The van der Waals surface area contributed by atoms with E-state index in [1.807, 2.05) is 50.2 Å². The van der Waals surface area contributed by atoms with Crippen molar-refractivity contribution >= 4 is 28.4 Å². The van der Waals surface area contributed by atoms with Crippen molar-refractivity contribution in [3.63, 3.8) is 0 Å². The Balaban J connectivity index is 0.00000101. The molecule has 0 radical (unpaired) electrons. The molecule has 0 saturated carbocycles. The Hall–Kier alpha value is -3.13. The molecule has 0 aliphatic heterocycles. The third kappa shape index (κ3) is 6.18. The minimum Gasteiger partial charge on any atom is -0.488 e. The number of benzene rings is 2. The van der Waals surface area contributed by atoms with Gasteiger partial charge in [0.15, 0.2) is 0 Å². The van der Waals surface area contributed by atoms with E-state index in [9.17, 15) is 4.79 Å². The van der Waals surface area contributed by atoms with Crippen molar-refractivity contribution in [3.8, 4) is 17.2 Å². The van der Waals surface area contributed by atoms with E-state index in [-0.39, 0.29) is 12.1 Å². The van der Waals surface area contributed by atoms with Crippen molar-refractivity contribution in [2.24, 2.45) is 0 Å². The summed E-state index contributed by atoms with van der Waals surface area (Å²) in [6.07, 6.45) is 0.910. The number of hydrogen-bond acceptors (Lipinski definition) is 6. The van der Waals surface area contributed by atoms with E-state index < -0.39 is 11.6 Å². The predicted molar refractivity (Wildman–Crippen MR) is 115 cm³/mol. The number of hydrogen-bond donors (Lipinski definition) is 1. The first kappa shape index (κ1) is 23.2. The van der Waals surface area contributed by atoms with Crippen LogP contribution in [0, 0.1) is 6.92 Å². The van der Waals surface area contributed by atoms with E-state index in [4.69, 9.17) is 22.6 Å². The highest BCUT2D eigenvalue weighted by Crippen LogP contribution is 2.34. The van der Waals surface area contributed by atoms with Crippen molar-refractivity contribution in [2.45, 2.75) is 40.2 Å². The molecule has 1 aromatic heterocycles. The first-order chi connectivity index (χ1) is 14.4. The molecule has 1 atom stereocenters. The fourth-order valence-corrected chi connectivity index (χ4v) is 2.70. The molecule has 7 nitrogen and oxygen atoms in total. The van der Waals surface area contributed by atoms with Crippen LogP contribution in [0.3, 0.4) is 0 Å². The predicted octanol–water partition coefficient (Wildman–Crippen LogP) is 4.95. The second-order valence-electron chi connectivity index (χ2n) is 6.61. The lowest BCUT2D eigenvalue weighted by Crippen LogP contribution is -2.10. The molecule has 0 fully saturated rings. The van der Waals surface area contributed by atoms with Crippen LogP contribution in [0.15, 0.2) is 42.5 Å². The van der Waals surface area contributed by atoms with Gasteiger partial charge in [0, 0.05) is 11.5 Å². The average molecular weight is 432 g/mol. The third-order valence-electron chi connectivity index (χ3n) is 4.32. The minimum atomic E-state index is -0.750. The fraction of sp³-hybridized carbons (Fsp3) is 0.318. The summed E-state index contributed by atoms with van der Waals surface area (Å²) in [5, 5.41) is 0.834. The molecule has 3 aromatic rings. The summed E-state index contributed by atoms with van der Waals surface area (Å²) in [4.78, 5) is 15.2. The summed E-state index contributed by atoms with van der Waals surface area (Å²) in [6, 6.07) is 13.3. The Kier molecular flexibility index (Phi) is 8.61. The zero-order valence-electron chi connectivity index (χ0n) is 17.4. The second-order valence-corrected chi connectivity index (χ2v) is 6.75. The Morgan fingerprint density at radius 2 is 1.73 bits per heavy atom. The van der Waals surface area contributed by atoms with Crippen molar-refractivity contribution in [1.29, 1.82) is 0 Å². The molecule has 2 aromatic carbocycles. The van der Waals surface area contributed by atoms with Crippen LogP contribution in [0.4, 0.5) is 0 Å². The molecule has 3 rings (SSSR count). The molecule has 160 valence electrons. The highest BCUT2D eigenvalue weighted by molar-refractivity contribution is 7.51. The van der Waals surface area contributed by atoms with Crippen LogP contribution >= 0.6 is 0 Å². The van der Waals surface area contributed by atoms with Gasteiger partial charge in [0.05, 0.1) is 18.2 Å². The number of nitrogens with one attached hydrogen (secondary N) is 1. The lowest BCUT2D eigenvalue weighted by molar-refractivity contribution is 0.0520. The number of aromatic nitrogens is 1. The topological polar surface area (TPSA) is 94.7 Å². The van der Waals surface area contributed by atoms with E-state index in [2.05, 4.69) is 11.9 Å². The highest BCUT2D eigenvalue weighted by Gasteiger charge is 2.16. The van der Waals surface area contributed by atoms with Gasteiger partial charge >= 0.3 is 17.5 Å². The largest absolute Gasteiger partial charge is 0.488 e. The van der Waals surface area contributed by atoms with E-state index in [1.54, 1.807) is 13.0 Å². The first-order valence-corrected chi connectivity index (χ1v) is 10.2. The number of H-pyrrole nitrogens is 1. The standard InChI is InChI=1S/C22H25NO4.O2S/c1-5-15(4)26-20-13-18(27-17-9-7-14(3)8-10-17)11-16-12-19(23-21(16)20)22(24)25-6-2;1-3-2/h7-13,15,23H,5-6H2,1-4H3;. The van der Waals surface area contributed by atoms with Gasteiger partial charge in [-0.3, -0.25) is 0 Å². The fourth-order valence-electron chi connectivity index (χ4n) is 2.70. The van der Waals surface area contributed by atoms with Gasteiger partial charge in [-0.15, -0.1) is 0 Å². The van der Waals surface area contributed by atoms with Gasteiger partial charge in [-0.25, -0.2) is 4.79 Å². The number of ether oxygens (including phenoxy) is 3. The summed E-state index contributed by atoms with van der Waals surface area (Å²) < 4.78 is 33.7. The van der Waals surface area contributed by atoms with Crippen molar-refractivity contribution < 1.29 is 27.4 Å². The number of carbonyl (C=O) groups is 1. The molecule has 0 aliphatic rings. The number of rotatable bonds is 7. The number of aromatic amines is 1. The molecular weight excluding hydrogens is 406 g/mol. The lowest BCUT2D eigenvalue weighted by Gasteiger charge is -2.15. The Morgan fingerprint density at radius 1 is 1.07 bits per heavy atom. The van der Waals surface area contributed by atoms with Crippen LogP contribution in [-0.2, 0) is 16.3 Å². The molecule has 1 unspecified atom stereocenters. The average Bonchev–Trinajstić information content (AvgIpc) is 3.15. The molecule has 0 aliphatic carbocycles. The SMILES string of the molecule is CCOC(=O)c1cc2cc(Oc3ccc(C)cc3)cc(OC(C)CC)c2[nH]1.O=S=O. The minimum absolute atomic E-state index is 0.0390. The van der Waals surface area contributed by atoms with Crippen molar-refractivity contribution in [2.75, 3.05) is 6.61 Å². The summed E-state index contributed by atoms with van der Waals surface area (Å²) >= 11 is -0.750. The summed E-state index contributed by atoms with van der Waals surface area (Å²) in [5.74, 6) is 1.67. The van der Waals surface area contributed by atoms with Crippen LogP contribution in [0.1, 0.15) is 43.2 Å². The number of esters is 1. The van der Waals surface area contributed by atoms with Crippen molar-refractivity contribution in [3.05, 3.63) is 53.7 Å². The van der Waals surface area contributed by atoms with Crippen LogP contribution in [0.5, 0.6) is 17.2 Å². The van der Waals surface area contributed by atoms with Gasteiger partial charge in [-0.05, 0) is 51.5 Å². The summed E-state index contributed by atoms with van der Waals surface area (Å²) in [5.41, 5.74) is 2.33. The molecule has 1 N–H and O–H groups in total. The maximum absolute atomic E-state index is 12.1. The molecule has 1 heterocycles. The Labute approximate surface area is 178 Å². The lowest BCUT2D eigenvalue weighted by atomic mass is 10.2. The van der Waals surface area contributed by atoms with Gasteiger partial charge in [-0.1, -0.05) is 24.6 Å². The maximum atomic E-state index is 12.1. The normalized spacial score (nSPS) is 11.2. The maximum Gasteiger partial charge on any atom is 0.354 e. The van der Waals surface area contributed by atoms with Crippen LogP contribution < -0.4 is 9.47 Å². The van der Waals surface area contributed by atoms with Gasteiger partial charge in [0.25, 0.3) is 0 Å². The zero-order valence-corrected chi connectivity index (χ0v) is 18.2. The summed E-state index contributed by atoms with van der Waals surface area (Å²) in [6.45, 7) is 8.21. The van der Waals surface area contributed by atoms with E-state index in [0.29, 0.717) is 23.8 Å². The molecular formula is C22H25NO6S. The Morgan fingerprint density at radius 3 is 2.33 bits per heavy atom. The molecule has 8 heteroatoms. The third-order valence-corrected chi connectivity index (χ3v) is 4.32. The van der Waals surface area contributed by atoms with E-state index in [0.717, 1.165) is 23.1 Å². The van der Waals surface area contributed by atoms with E-state index >= 15 is 0 Å².